The van der Waals surface area contributed by atoms with Gasteiger partial charge in [0, 0.05) is 6.54 Å². The Morgan fingerprint density at radius 3 is 2.53 bits per heavy atom. The van der Waals surface area contributed by atoms with Gasteiger partial charge in [0.05, 0.1) is 4.90 Å². The second-order valence-electron chi connectivity index (χ2n) is 3.41. The van der Waals surface area contributed by atoms with Gasteiger partial charge >= 0.3 is 0 Å². The number of hydrogen-bond donors (Lipinski definition) is 1. The average Bonchev–Trinajstić information content (AvgIpc) is 2.17. The van der Waals surface area contributed by atoms with Crippen LogP contribution in [0.4, 0.5) is 4.39 Å². The standard InChI is InChI=1S/C11H14FNO2S.ClH/c1-9-4-2-3-5-11(9)16(14,15)8-10(12)6-7-13;/h2-6H,7-8,13H2,1H3;1H/b10-6-;. The minimum Gasteiger partial charge on any atom is -0.327 e. The molecule has 0 heterocycles. The summed E-state index contributed by atoms with van der Waals surface area (Å²) < 4.78 is 36.8. The van der Waals surface area contributed by atoms with Gasteiger partial charge in [-0.3, -0.25) is 0 Å². The van der Waals surface area contributed by atoms with Gasteiger partial charge in [0.2, 0.25) is 0 Å². The van der Waals surface area contributed by atoms with E-state index in [-0.39, 0.29) is 23.8 Å². The molecule has 17 heavy (non-hydrogen) atoms. The largest absolute Gasteiger partial charge is 0.327 e. The summed E-state index contributed by atoms with van der Waals surface area (Å²) in [6.07, 6.45) is 1.07. The van der Waals surface area contributed by atoms with Crippen LogP contribution in [0.5, 0.6) is 0 Å². The van der Waals surface area contributed by atoms with Crippen molar-refractivity contribution in [1.29, 1.82) is 0 Å². The van der Waals surface area contributed by atoms with Gasteiger partial charge < -0.3 is 5.73 Å². The lowest BCUT2D eigenvalue weighted by molar-refractivity contribution is 0.582. The Kier molecular flexibility index (Phi) is 6.37. The smallest absolute Gasteiger partial charge is 0.185 e. The van der Waals surface area contributed by atoms with E-state index in [1.165, 1.54) is 6.07 Å². The zero-order valence-electron chi connectivity index (χ0n) is 9.39. The molecule has 3 nitrogen and oxygen atoms in total. The van der Waals surface area contributed by atoms with Crippen LogP contribution in [0.2, 0.25) is 0 Å². The molecule has 0 atom stereocenters. The first-order valence-corrected chi connectivity index (χ1v) is 6.45. The highest BCUT2D eigenvalue weighted by Crippen LogP contribution is 2.18. The second-order valence-corrected chi connectivity index (χ2v) is 5.37. The maximum Gasteiger partial charge on any atom is 0.185 e. The molecule has 0 aliphatic rings. The van der Waals surface area contributed by atoms with Crippen molar-refractivity contribution in [3.63, 3.8) is 0 Å². The predicted octanol–water partition coefficient (Wildman–Crippen LogP) is 2.00. The molecule has 0 aliphatic carbocycles. The van der Waals surface area contributed by atoms with Crippen molar-refractivity contribution in [2.45, 2.75) is 11.8 Å². The number of benzene rings is 1. The Labute approximate surface area is 107 Å². The number of hydrogen-bond acceptors (Lipinski definition) is 3. The van der Waals surface area contributed by atoms with E-state index in [0.717, 1.165) is 6.08 Å². The fraction of sp³-hybridized carbons (Fsp3) is 0.273. The Morgan fingerprint density at radius 2 is 2.00 bits per heavy atom. The van der Waals surface area contributed by atoms with Crippen molar-refractivity contribution in [3.05, 3.63) is 41.7 Å². The summed E-state index contributed by atoms with van der Waals surface area (Å²) >= 11 is 0. The molecule has 0 spiro atoms. The van der Waals surface area contributed by atoms with Crippen LogP contribution < -0.4 is 5.73 Å². The topological polar surface area (TPSA) is 60.2 Å². The minimum absolute atomic E-state index is 0. The third-order valence-corrected chi connectivity index (χ3v) is 3.88. The number of nitrogens with two attached hydrogens (primary N) is 1. The van der Waals surface area contributed by atoms with Crippen LogP contribution in [0.3, 0.4) is 0 Å². The number of sulfone groups is 1. The summed E-state index contributed by atoms with van der Waals surface area (Å²) in [6, 6.07) is 6.50. The molecular formula is C11H15ClFNO2S. The van der Waals surface area contributed by atoms with Crippen molar-refractivity contribution in [3.8, 4) is 0 Å². The van der Waals surface area contributed by atoms with Gasteiger partial charge in [0.25, 0.3) is 0 Å². The van der Waals surface area contributed by atoms with Crippen LogP contribution in [0, 0.1) is 6.92 Å². The number of halogens is 2. The highest BCUT2D eigenvalue weighted by Gasteiger charge is 2.18. The average molecular weight is 280 g/mol. The molecular weight excluding hydrogens is 265 g/mol. The van der Waals surface area contributed by atoms with Crippen molar-refractivity contribution < 1.29 is 12.8 Å². The Bertz CT molecular complexity index is 500. The van der Waals surface area contributed by atoms with Crippen LogP contribution in [-0.2, 0) is 9.84 Å². The predicted molar refractivity (Wildman–Crippen MR) is 68.7 cm³/mol. The molecule has 2 N–H and O–H groups in total. The van der Waals surface area contributed by atoms with E-state index in [2.05, 4.69) is 0 Å². The zero-order valence-corrected chi connectivity index (χ0v) is 11.0. The normalized spacial score (nSPS) is 12.1. The molecule has 0 fully saturated rings. The van der Waals surface area contributed by atoms with Gasteiger partial charge in [-0.15, -0.1) is 12.4 Å². The fourth-order valence-corrected chi connectivity index (χ4v) is 2.83. The first-order valence-electron chi connectivity index (χ1n) is 4.80. The van der Waals surface area contributed by atoms with Gasteiger partial charge in [0.15, 0.2) is 9.84 Å². The summed E-state index contributed by atoms with van der Waals surface area (Å²) in [5.41, 5.74) is 5.72. The molecule has 0 saturated carbocycles. The second kappa shape index (κ2) is 6.74. The lowest BCUT2D eigenvalue weighted by atomic mass is 10.2. The quantitative estimate of drug-likeness (QED) is 0.917. The van der Waals surface area contributed by atoms with Crippen LogP contribution in [0.15, 0.2) is 41.1 Å². The molecule has 1 aromatic carbocycles. The van der Waals surface area contributed by atoms with E-state index in [1.807, 2.05) is 0 Å². The Balaban J connectivity index is 0.00000256. The fourth-order valence-electron chi connectivity index (χ4n) is 1.35. The van der Waals surface area contributed by atoms with E-state index in [0.29, 0.717) is 5.56 Å². The summed E-state index contributed by atoms with van der Waals surface area (Å²) in [6.45, 7) is 1.67. The van der Waals surface area contributed by atoms with Crippen molar-refractivity contribution in [1.82, 2.24) is 0 Å². The minimum atomic E-state index is -3.61. The van der Waals surface area contributed by atoms with E-state index < -0.39 is 21.4 Å². The van der Waals surface area contributed by atoms with Gasteiger partial charge in [-0.1, -0.05) is 18.2 Å². The van der Waals surface area contributed by atoms with Crippen molar-refractivity contribution in [2.75, 3.05) is 12.3 Å². The Morgan fingerprint density at radius 1 is 1.41 bits per heavy atom. The maximum atomic E-state index is 13.1. The Hall–Kier alpha value is -0.910. The summed E-state index contributed by atoms with van der Waals surface area (Å²) in [7, 11) is -3.61. The van der Waals surface area contributed by atoms with Crippen LogP contribution in [-0.4, -0.2) is 20.7 Å². The molecule has 0 bridgehead atoms. The maximum absolute atomic E-state index is 13.1. The van der Waals surface area contributed by atoms with Crippen molar-refractivity contribution in [2.24, 2.45) is 5.73 Å². The van der Waals surface area contributed by atoms with Gasteiger partial charge in [0.1, 0.15) is 11.6 Å². The number of rotatable bonds is 4. The van der Waals surface area contributed by atoms with Crippen LogP contribution in [0.25, 0.3) is 0 Å². The molecule has 1 aromatic rings. The first-order chi connectivity index (χ1) is 7.47. The molecule has 0 aromatic heterocycles. The van der Waals surface area contributed by atoms with Gasteiger partial charge in [-0.2, -0.15) is 0 Å². The summed E-state index contributed by atoms with van der Waals surface area (Å²) in [4.78, 5) is 0.163. The van der Waals surface area contributed by atoms with Gasteiger partial charge in [-0.05, 0) is 24.6 Å². The summed E-state index contributed by atoms with van der Waals surface area (Å²) in [5, 5.41) is 0. The monoisotopic (exact) mass is 279 g/mol. The van der Waals surface area contributed by atoms with Crippen LogP contribution >= 0.6 is 12.4 Å². The molecule has 6 heteroatoms. The molecule has 0 aliphatic heterocycles. The molecule has 0 saturated heterocycles. The van der Waals surface area contributed by atoms with E-state index in [1.54, 1.807) is 25.1 Å². The molecule has 0 amide bonds. The highest BCUT2D eigenvalue weighted by molar-refractivity contribution is 7.91. The lowest BCUT2D eigenvalue weighted by Gasteiger charge is -2.05. The number of aryl methyl sites for hydroxylation is 1. The van der Waals surface area contributed by atoms with E-state index in [9.17, 15) is 12.8 Å². The third-order valence-electron chi connectivity index (χ3n) is 2.10. The van der Waals surface area contributed by atoms with Gasteiger partial charge in [-0.25, -0.2) is 12.8 Å². The molecule has 0 radical (unpaired) electrons. The molecule has 1 rings (SSSR count). The van der Waals surface area contributed by atoms with E-state index >= 15 is 0 Å². The first kappa shape index (κ1) is 16.1. The summed E-state index contributed by atoms with van der Waals surface area (Å²) in [5.74, 6) is -1.35. The van der Waals surface area contributed by atoms with Crippen LogP contribution in [0.1, 0.15) is 5.56 Å². The molecule has 96 valence electrons. The SMILES string of the molecule is Cc1ccccc1S(=O)(=O)C/C(F)=C/CN.Cl. The van der Waals surface area contributed by atoms with E-state index in [4.69, 9.17) is 5.73 Å². The molecule has 0 unspecified atom stereocenters. The highest BCUT2D eigenvalue weighted by atomic mass is 35.5. The third kappa shape index (κ3) is 4.46. The van der Waals surface area contributed by atoms with Crippen molar-refractivity contribution >= 4 is 22.2 Å². The zero-order chi connectivity index (χ0) is 12.2. The lowest BCUT2D eigenvalue weighted by Crippen LogP contribution is -2.09.